The third kappa shape index (κ3) is 5.74. The van der Waals surface area contributed by atoms with Crippen LogP contribution in [0.5, 0.6) is 0 Å². The van der Waals surface area contributed by atoms with Gasteiger partial charge in [0, 0.05) is 11.4 Å². The highest BCUT2D eigenvalue weighted by Crippen LogP contribution is 2.31. The fourth-order valence-corrected chi connectivity index (χ4v) is 3.84. The summed E-state index contributed by atoms with van der Waals surface area (Å²) < 4.78 is 1.31. The number of hydrogen-bond donors (Lipinski definition) is 1. The fourth-order valence-electron chi connectivity index (χ4n) is 1.76. The zero-order valence-corrected chi connectivity index (χ0v) is 13.3. The summed E-state index contributed by atoms with van der Waals surface area (Å²) in [5.74, 6) is 1.09. The first-order valence-corrected chi connectivity index (χ1v) is 8.56. The monoisotopic (exact) mass is 287 g/mol. The van der Waals surface area contributed by atoms with Crippen LogP contribution in [0.4, 0.5) is 0 Å². The summed E-state index contributed by atoms with van der Waals surface area (Å²) >= 11 is 3.58. The molecule has 104 valence electrons. The maximum absolute atomic E-state index is 10.2. The van der Waals surface area contributed by atoms with Gasteiger partial charge in [-0.3, -0.25) is 0 Å². The summed E-state index contributed by atoms with van der Waals surface area (Å²) in [5.41, 5.74) is 0. The Labute approximate surface area is 119 Å². The first kappa shape index (κ1) is 16.0. The number of hydrogen-bond acceptors (Lipinski definition) is 4. The minimum atomic E-state index is -0.301. The van der Waals surface area contributed by atoms with Crippen molar-refractivity contribution in [3.05, 3.63) is 17.0 Å². The molecule has 0 fully saturated rings. The smallest absolute Gasteiger partial charge is 0.0894 e. The predicted molar refractivity (Wildman–Crippen MR) is 82.7 cm³/mol. The number of thioether (sulfide) groups is 1. The molecular formula is C14H25NOS2. The lowest BCUT2D eigenvalue weighted by atomic mass is 10.2. The van der Waals surface area contributed by atoms with E-state index in [0.717, 1.165) is 30.1 Å². The normalized spacial score (nSPS) is 13.2. The molecule has 1 atom stereocenters. The van der Waals surface area contributed by atoms with Crippen LogP contribution in [0.1, 0.15) is 44.1 Å². The molecule has 4 heteroatoms. The first-order valence-electron chi connectivity index (χ1n) is 6.76. The molecule has 0 saturated heterocycles. The van der Waals surface area contributed by atoms with Crippen LogP contribution in [0.2, 0.25) is 0 Å². The maximum Gasteiger partial charge on any atom is 0.0894 e. The minimum absolute atomic E-state index is 0.301. The molecule has 1 N–H and O–H groups in total. The van der Waals surface area contributed by atoms with E-state index in [1.807, 2.05) is 11.8 Å². The largest absolute Gasteiger partial charge is 0.388 e. The van der Waals surface area contributed by atoms with Gasteiger partial charge in [-0.05, 0) is 44.3 Å². The number of unbranched alkanes of at least 4 members (excludes halogenated alkanes) is 1. The molecule has 0 aliphatic carbocycles. The van der Waals surface area contributed by atoms with E-state index in [9.17, 15) is 5.11 Å². The molecule has 1 unspecified atom stereocenters. The Balaban J connectivity index is 2.32. The summed E-state index contributed by atoms with van der Waals surface area (Å²) in [6, 6.07) is 4.19. The molecule has 0 aliphatic rings. The molecule has 0 radical (unpaired) electrons. The van der Waals surface area contributed by atoms with E-state index < -0.39 is 0 Å². The molecule has 18 heavy (non-hydrogen) atoms. The molecule has 0 aromatic carbocycles. The molecule has 1 rings (SSSR count). The zero-order valence-electron chi connectivity index (χ0n) is 11.7. The molecule has 2 nitrogen and oxygen atoms in total. The summed E-state index contributed by atoms with van der Waals surface area (Å²) in [7, 11) is 2.13. The summed E-state index contributed by atoms with van der Waals surface area (Å²) in [6.07, 6.45) is 3.00. The van der Waals surface area contributed by atoms with Gasteiger partial charge in [0.25, 0.3) is 0 Å². The second-order valence-corrected chi connectivity index (χ2v) is 7.23. The van der Waals surface area contributed by atoms with Crippen LogP contribution in [0.3, 0.4) is 0 Å². The van der Waals surface area contributed by atoms with Crippen molar-refractivity contribution in [3.8, 4) is 0 Å². The Hall–Kier alpha value is -0.0300. The van der Waals surface area contributed by atoms with Crippen LogP contribution >= 0.6 is 23.1 Å². The van der Waals surface area contributed by atoms with Gasteiger partial charge in [0.05, 0.1) is 10.3 Å². The lowest BCUT2D eigenvalue weighted by Crippen LogP contribution is -2.22. The van der Waals surface area contributed by atoms with Crippen molar-refractivity contribution in [2.24, 2.45) is 0 Å². The van der Waals surface area contributed by atoms with Crippen molar-refractivity contribution in [3.63, 3.8) is 0 Å². The van der Waals surface area contributed by atoms with Crippen LogP contribution in [0.25, 0.3) is 0 Å². The SMILES string of the molecule is CCCCN(C)CCC(O)c1ccc(SCC)s1. The second-order valence-electron chi connectivity index (χ2n) is 4.55. The number of aliphatic hydroxyl groups excluding tert-OH is 1. The van der Waals surface area contributed by atoms with Crippen LogP contribution in [0, 0.1) is 0 Å². The van der Waals surface area contributed by atoms with Gasteiger partial charge in [-0.25, -0.2) is 0 Å². The van der Waals surface area contributed by atoms with Gasteiger partial charge in [0.15, 0.2) is 0 Å². The Morgan fingerprint density at radius 2 is 2.11 bits per heavy atom. The average Bonchev–Trinajstić information content (AvgIpc) is 2.82. The third-order valence-electron chi connectivity index (χ3n) is 2.89. The fraction of sp³-hybridized carbons (Fsp3) is 0.714. The Morgan fingerprint density at radius 3 is 2.78 bits per heavy atom. The number of thiophene rings is 1. The lowest BCUT2D eigenvalue weighted by molar-refractivity contribution is 0.152. The van der Waals surface area contributed by atoms with Crippen molar-refractivity contribution >= 4 is 23.1 Å². The van der Waals surface area contributed by atoms with Crippen LogP contribution in [-0.2, 0) is 0 Å². The molecule has 0 saturated carbocycles. The highest BCUT2D eigenvalue weighted by atomic mass is 32.2. The van der Waals surface area contributed by atoms with Crippen molar-refractivity contribution in [2.75, 3.05) is 25.9 Å². The highest BCUT2D eigenvalue weighted by Gasteiger charge is 2.11. The van der Waals surface area contributed by atoms with Crippen LogP contribution in [0.15, 0.2) is 16.3 Å². The van der Waals surface area contributed by atoms with Crippen molar-refractivity contribution in [1.29, 1.82) is 0 Å². The Morgan fingerprint density at radius 1 is 1.33 bits per heavy atom. The first-order chi connectivity index (χ1) is 8.67. The standard InChI is InChI=1S/C14H25NOS2/c1-4-6-10-15(3)11-9-12(16)13-7-8-14(18-13)17-5-2/h7-8,12,16H,4-6,9-11H2,1-3H3. The molecule has 0 amide bonds. The van der Waals surface area contributed by atoms with E-state index in [-0.39, 0.29) is 6.10 Å². The van der Waals surface area contributed by atoms with E-state index >= 15 is 0 Å². The maximum atomic E-state index is 10.2. The van der Waals surface area contributed by atoms with E-state index in [1.54, 1.807) is 11.3 Å². The van der Waals surface area contributed by atoms with Gasteiger partial charge in [0.1, 0.15) is 0 Å². The van der Waals surface area contributed by atoms with Crippen LogP contribution in [-0.4, -0.2) is 35.9 Å². The number of rotatable bonds is 9. The molecule has 0 bridgehead atoms. The van der Waals surface area contributed by atoms with Gasteiger partial charge in [-0.15, -0.1) is 23.1 Å². The van der Waals surface area contributed by atoms with Crippen molar-refractivity contribution in [2.45, 2.75) is 43.4 Å². The van der Waals surface area contributed by atoms with E-state index in [0.29, 0.717) is 0 Å². The summed E-state index contributed by atoms with van der Waals surface area (Å²) in [5, 5.41) is 10.2. The van der Waals surface area contributed by atoms with E-state index in [4.69, 9.17) is 0 Å². The second kappa shape index (κ2) is 8.97. The van der Waals surface area contributed by atoms with Gasteiger partial charge < -0.3 is 10.0 Å². The number of nitrogens with zero attached hydrogens (tertiary/aromatic N) is 1. The van der Waals surface area contributed by atoms with Crippen molar-refractivity contribution < 1.29 is 5.11 Å². The summed E-state index contributed by atoms with van der Waals surface area (Å²) in [6.45, 7) is 6.46. The third-order valence-corrected chi connectivity index (χ3v) is 5.19. The quantitative estimate of drug-likeness (QED) is 0.694. The summed E-state index contributed by atoms with van der Waals surface area (Å²) in [4.78, 5) is 3.41. The molecule has 0 aliphatic heterocycles. The van der Waals surface area contributed by atoms with E-state index in [2.05, 4.69) is 37.9 Å². The van der Waals surface area contributed by atoms with Gasteiger partial charge in [-0.2, -0.15) is 0 Å². The van der Waals surface area contributed by atoms with Gasteiger partial charge >= 0.3 is 0 Å². The topological polar surface area (TPSA) is 23.5 Å². The van der Waals surface area contributed by atoms with E-state index in [1.165, 1.54) is 17.1 Å². The number of aliphatic hydroxyl groups is 1. The highest BCUT2D eigenvalue weighted by molar-refractivity contribution is 8.01. The molecule has 1 heterocycles. The van der Waals surface area contributed by atoms with Crippen molar-refractivity contribution in [1.82, 2.24) is 4.90 Å². The molecule has 1 aromatic rings. The lowest BCUT2D eigenvalue weighted by Gasteiger charge is -2.17. The average molecular weight is 287 g/mol. The Bertz CT molecular complexity index is 327. The molecule has 0 spiro atoms. The molecule has 1 aromatic heterocycles. The zero-order chi connectivity index (χ0) is 13.4. The van der Waals surface area contributed by atoms with Crippen LogP contribution < -0.4 is 0 Å². The minimum Gasteiger partial charge on any atom is -0.388 e. The Kier molecular flexibility index (Phi) is 7.98. The molecular weight excluding hydrogens is 262 g/mol. The van der Waals surface area contributed by atoms with Gasteiger partial charge in [-0.1, -0.05) is 20.3 Å². The van der Waals surface area contributed by atoms with Gasteiger partial charge in [0.2, 0.25) is 0 Å². The predicted octanol–water partition coefficient (Wildman–Crippen LogP) is 4.02.